The summed E-state index contributed by atoms with van der Waals surface area (Å²) in [6.45, 7) is 2.03. The van der Waals surface area contributed by atoms with Gasteiger partial charge in [0.15, 0.2) is 0 Å². The van der Waals surface area contributed by atoms with E-state index < -0.39 is 0 Å². The zero-order chi connectivity index (χ0) is 12.4. The lowest BCUT2D eigenvalue weighted by molar-refractivity contribution is 0.504. The highest BCUT2D eigenvalue weighted by Gasteiger charge is 2.14. The Morgan fingerprint density at radius 3 is 2.59 bits per heavy atom. The molecule has 90 valence electrons. The molecule has 1 heterocycles. The normalized spacial score (nSPS) is 12.7. The van der Waals surface area contributed by atoms with Gasteiger partial charge in [0.1, 0.15) is 5.76 Å². The first-order chi connectivity index (χ1) is 8.08. The molecule has 4 heteroatoms. The molecule has 2 aromatic rings. The minimum atomic E-state index is 0.148. The molecule has 0 bridgehead atoms. The van der Waals surface area contributed by atoms with Crippen LogP contribution < -0.4 is 0 Å². The Bertz CT molecular complexity index is 522. The highest BCUT2D eigenvalue weighted by atomic mass is 79.9. The van der Waals surface area contributed by atoms with Crippen molar-refractivity contribution in [3.8, 4) is 0 Å². The van der Waals surface area contributed by atoms with Gasteiger partial charge >= 0.3 is 0 Å². The third-order valence-electron chi connectivity index (χ3n) is 2.59. The van der Waals surface area contributed by atoms with E-state index in [-0.39, 0.29) is 4.83 Å². The molecule has 17 heavy (non-hydrogen) atoms. The van der Waals surface area contributed by atoms with Crippen molar-refractivity contribution < 1.29 is 4.42 Å². The van der Waals surface area contributed by atoms with Gasteiger partial charge in [-0.2, -0.15) is 0 Å². The van der Waals surface area contributed by atoms with Crippen LogP contribution in [0.1, 0.15) is 21.7 Å². The molecule has 0 radical (unpaired) electrons. The summed E-state index contributed by atoms with van der Waals surface area (Å²) >= 11 is 15.5. The number of rotatable bonds is 3. The van der Waals surface area contributed by atoms with Gasteiger partial charge in [-0.3, -0.25) is 0 Å². The molecule has 1 atom stereocenters. The average Bonchev–Trinajstić information content (AvgIpc) is 2.70. The number of halogens is 3. The minimum absolute atomic E-state index is 0.148. The Hall–Kier alpha value is -0.440. The number of alkyl halides is 1. The molecule has 1 unspecified atom stereocenters. The maximum Gasteiger partial charge on any atom is 0.120 e. The van der Waals surface area contributed by atoms with Crippen LogP contribution in [0.3, 0.4) is 0 Å². The third kappa shape index (κ3) is 3.06. The van der Waals surface area contributed by atoms with Crippen LogP contribution in [0.5, 0.6) is 0 Å². The van der Waals surface area contributed by atoms with Crippen molar-refractivity contribution in [2.24, 2.45) is 0 Å². The summed E-state index contributed by atoms with van der Waals surface area (Å²) in [5.74, 6) is 0.955. The van der Waals surface area contributed by atoms with E-state index in [1.807, 2.05) is 31.2 Å². The lowest BCUT2D eigenvalue weighted by Gasteiger charge is -2.09. The second kappa shape index (κ2) is 5.47. The minimum Gasteiger partial charge on any atom is -0.468 e. The number of hydrogen-bond acceptors (Lipinski definition) is 1. The van der Waals surface area contributed by atoms with E-state index in [9.17, 15) is 0 Å². The molecule has 0 amide bonds. The summed E-state index contributed by atoms with van der Waals surface area (Å²) in [4.78, 5) is 0.148. The summed E-state index contributed by atoms with van der Waals surface area (Å²) in [5, 5.41) is 1.16. The second-order valence-electron chi connectivity index (χ2n) is 3.89. The van der Waals surface area contributed by atoms with E-state index in [1.54, 1.807) is 6.26 Å². The van der Waals surface area contributed by atoms with Gasteiger partial charge in [0.2, 0.25) is 0 Å². The fraction of sp³-hybridized carbons (Fsp3) is 0.231. The fourth-order valence-corrected chi connectivity index (χ4v) is 2.84. The summed E-state index contributed by atoms with van der Waals surface area (Å²) in [5.41, 5.74) is 2.27. The average molecular weight is 334 g/mol. The summed E-state index contributed by atoms with van der Waals surface area (Å²) in [6.07, 6.45) is 2.51. The van der Waals surface area contributed by atoms with Gasteiger partial charge in [-0.05, 0) is 42.7 Å². The van der Waals surface area contributed by atoms with Crippen LogP contribution in [-0.2, 0) is 6.42 Å². The predicted octanol–water partition coefficient (Wildman–Crippen LogP) is 5.57. The molecule has 0 spiro atoms. The maximum atomic E-state index is 5.98. The van der Waals surface area contributed by atoms with Gasteiger partial charge in [-0.15, -0.1) is 0 Å². The van der Waals surface area contributed by atoms with E-state index in [0.29, 0.717) is 10.0 Å². The van der Waals surface area contributed by atoms with Crippen molar-refractivity contribution in [3.63, 3.8) is 0 Å². The van der Waals surface area contributed by atoms with Gasteiger partial charge < -0.3 is 4.42 Å². The molecule has 0 aliphatic rings. The summed E-state index contributed by atoms with van der Waals surface area (Å²) in [7, 11) is 0. The molecule has 0 aliphatic heterocycles. The van der Waals surface area contributed by atoms with Crippen LogP contribution in [-0.4, -0.2) is 0 Å². The maximum absolute atomic E-state index is 5.98. The quantitative estimate of drug-likeness (QED) is 0.669. The van der Waals surface area contributed by atoms with Crippen molar-refractivity contribution in [3.05, 3.63) is 57.5 Å². The largest absolute Gasteiger partial charge is 0.468 e. The predicted molar refractivity (Wildman–Crippen MR) is 75.3 cm³/mol. The Balaban J connectivity index is 2.16. The first kappa shape index (κ1) is 13.0. The van der Waals surface area contributed by atoms with Crippen molar-refractivity contribution >= 4 is 39.1 Å². The molecule has 0 N–H and O–H groups in total. The highest BCUT2D eigenvalue weighted by Crippen LogP contribution is 2.31. The standard InChI is InChI=1S/C13H11BrCl2O/c1-8-4-5-17-13(8)10(14)6-9-2-3-11(15)12(16)7-9/h2-5,7,10H,6H2,1H3. The monoisotopic (exact) mass is 332 g/mol. The summed E-state index contributed by atoms with van der Waals surface area (Å²) in [6, 6.07) is 7.63. The van der Waals surface area contributed by atoms with Gasteiger partial charge in [0.25, 0.3) is 0 Å². The van der Waals surface area contributed by atoms with Crippen molar-refractivity contribution in [1.29, 1.82) is 0 Å². The van der Waals surface area contributed by atoms with Gasteiger partial charge in [-0.1, -0.05) is 45.2 Å². The van der Waals surface area contributed by atoms with Crippen molar-refractivity contribution in [2.75, 3.05) is 0 Å². The number of furan rings is 1. The molecule has 0 saturated heterocycles. The Kier molecular flexibility index (Phi) is 4.18. The highest BCUT2D eigenvalue weighted by molar-refractivity contribution is 9.09. The molecule has 0 aliphatic carbocycles. The van der Waals surface area contributed by atoms with Crippen LogP contribution in [0.4, 0.5) is 0 Å². The number of hydrogen-bond donors (Lipinski definition) is 0. The lowest BCUT2D eigenvalue weighted by Crippen LogP contribution is -1.95. The van der Waals surface area contributed by atoms with Crippen LogP contribution in [0.25, 0.3) is 0 Å². The molecular formula is C13H11BrCl2O. The first-order valence-corrected chi connectivity index (χ1v) is 6.87. The van der Waals surface area contributed by atoms with E-state index in [1.165, 1.54) is 0 Å². The SMILES string of the molecule is Cc1ccoc1C(Br)Cc1ccc(Cl)c(Cl)c1. The van der Waals surface area contributed by atoms with Crippen LogP contribution >= 0.6 is 39.1 Å². The lowest BCUT2D eigenvalue weighted by atomic mass is 10.1. The zero-order valence-electron chi connectivity index (χ0n) is 9.21. The van der Waals surface area contributed by atoms with E-state index in [2.05, 4.69) is 15.9 Å². The molecule has 1 aromatic carbocycles. The molecule has 0 fully saturated rings. The second-order valence-corrected chi connectivity index (χ2v) is 5.81. The van der Waals surface area contributed by atoms with Crippen molar-refractivity contribution in [2.45, 2.75) is 18.2 Å². The first-order valence-electron chi connectivity index (χ1n) is 5.20. The van der Waals surface area contributed by atoms with Crippen LogP contribution in [0.2, 0.25) is 10.0 Å². The Labute approximate surface area is 119 Å². The van der Waals surface area contributed by atoms with Crippen LogP contribution in [0.15, 0.2) is 34.9 Å². The molecule has 1 nitrogen and oxygen atoms in total. The van der Waals surface area contributed by atoms with Crippen LogP contribution in [0, 0.1) is 6.92 Å². The molecule has 1 aromatic heterocycles. The van der Waals surface area contributed by atoms with E-state index in [4.69, 9.17) is 27.6 Å². The smallest absolute Gasteiger partial charge is 0.120 e. The zero-order valence-corrected chi connectivity index (χ0v) is 12.3. The van der Waals surface area contributed by atoms with E-state index in [0.717, 1.165) is 23.3 Å². The van der Waals surface area contributed by atoms with Crippen molar-refractivity contribution in [1.82, 2.24) is 0 Å². The van der Waals surface area contributed by atoms with Gasteiger partial charge in [-0.25, -0.2) is 0 Å². The third-order valence-corrected chi connectivity index (χ3v) is 4.06. The molecule has 2 rings (SSSR count). The Morgan fingerprint density at radius 2 is 2.00 bits per heavy atom. The molecular weight excluding hydrogens is 323 g/mol. The Morgan fingerprint density at radius 1 is 1.24 bits per heavy atom. The van der Waals surface area contributed by atoms with Gasteiger partial charge in [0, 0.05) is 0 Å². The fourth-order valence-electron chi connectivity index (χ4n) is 1.67. The number of aryl methyl sites for hydroxylation is 1. The summed E-state index contributed by atoms with van der Waals surface area (Å²) < 4.78 is 5.45. The molecule has 0 saturated carbocycles. The van der Waals surface area contributed by atoms with E-state index >= 15 is 0 Å². The van der Waals surface area contributed by atoms with Gasteiger partial charge in [0.05, 0.1) is 21.1 Å². The topological polar surface area (TPSA) is 13.1 Å². The number of benzene rings is 1.